The second-order valence-corrected chi connectivity index (χ2v) is 6.66. The van der Waals surface area contributed by atoms with Crippen LogP contribution in [-0.4, -0.2) is 128 Å². The van der Waals surface area contributed by atoms with E-state index in [1.165, 1.54) is 0 Å². The van der Waals surface area contributed by atoms with Gasteiger partial charge >= 0.3 is 23.9 Å². The monoisotopic (exact) mass is 592 g/mol. The molecule has 0 spiro atoms. The average molecular weight is 594 g/mol. The molecule has 0 aliphatic carbocycles. The summed E-state index contributed by atoms with van der Waals surface area (Å²) in [6.07, 6.45) is -0.662. The van der Waals surface area contributed by atoms with E-state index < -0.39 is 23.9 Å². The third-order valence-corrected chi connectivity index (χ3v) is 3.68. The number of carboxylic acid groups (broad SMARTS) is 2. The first-order valence-electron chi connectivity index (χ1n) is 11.4. The number of carbonyl (C=O) groups excluding carboxylic acids is 2. The van der Waals surface area contributed by atoms with Crippen LogP contribution in [0.5, 0.6) is 0 Å². The zero-order valence-electron chi connectivity index (χ0n) is 21.8. The molecule has 0 aliphatic rings. The summed E-state index contributed by atoms with van der Waals surface area (Å²) in [7, 11) is 3.19. The van der Waals surface area contributed by atoms with Crippen molar-refractivity contribution in [2.24, 2.45) is 0 Å². The summed E-state index contributed by atoms with van der Waals surface area (Å²) in [5.74, 6) is -3.09. The van der Waals surface area contributed by atoms with Gasteiger partial charge in [0.2, 0.25) is 0 Å². The Morgan fingerprint density at radius 2 is 0.730 bits per heavy atom. The van der Waals surface area contributed by atoms with Gasteiger partial charge in [0.1, 0.15) is 13.2 Å². The van der Waals surface area contributed by atoms with Gasteiger partial charge in [0, 0.05) is 33.7 Å². The van der Waals surface area contributed by atoms with Crippen molar-refractivity contribution in [1.29, 1.82) is 0 Å². The zero-order valence-corrected chi connectivity index (χ0v) is 24.8. The van der Waals surface area contributed by atoms with Crippen molar-refractivity contribution in [1.82, 2.24) is 0 Å². The molecule has 0 saturated heterocycles. The van der Waals surface area contributed by atoms with Gasteiger partial charge in [-0.3, -0.25) is 19.2 Å². The average Bonchev–Trinajstić information content (AvgIpc) is 2.84. The van der Waals surface area contributed by atoms with Crippen molar-refractivity contribution in [2.45, 2.75) is 25.7 Å². The normalized spacial score (nSPS) is 10.0. The maximum atomic E-state index is 11.0. The van der Waals surface area contributed by atoms with E-state index in [9.17, 15) is 19.2 Å². The van der Waals surface area contributed by atoms with E-state index in [1.807, 2.05) is 0 Å². The summed E-state index contributed by atoms with van der Waals surface area (Å²) in [6.45, 7) is 4.64. The maximum absolute atomic E-state index is 11.0. The van der Waals surface area contributed by atoms with Crippen LogP contribution in [0.1, 0.15) is 25.7 Å². The Balaban J connectivity index is -0.000000608. The fraction of sp³-hybridized carbons (Fsp3) is 0.818. The molecule has 0 bridgehead atoms. The van der Waals surface area contributed by atoms with Crippen LogP contribution in [0.4, 0.5) is 0 Å². The van der Waals surface area contributed by atoms with Crippen LogP contribution in [0, 0.1) is 0 Å². The minimum absolute atomic E-state index is 0. The molecule has 0 rings (SSSR count). The molecule has 14 nitrogen and oxygen atoms in total. The summed E-state index contributed by atoms with van der Waals surface area (Å²) in [4.78, 5) is 42.3. The molecule has 0 atom stereocenters. The van der Waals surface area contributed by atoms with Crippen molar-refractivity contribution >= 4 is 23.9 Å². The van der Waals surface area contributed by atoms with Crippen LogP contribution in [0.3, 0.4) is 0 Å². The number of aliphatic carboxylic acids is 2. The van der Waals surface area contributed by atoms with Crippen molar-refractivity contribution in [2.75, 3.05) is 93.5 Å². The van der Waals surface area contributed by atoms with E-state index in [1.54, 1.807) is 14.2 Å². The summed E-state index contributed by atoms with van der Waals surface area (Å²) >= 11 is 0. The second-order valence-electron chi connectivity index (χ2n) is 6.66. The van der Waals surface area contributed by atoms with Crippen LogP contribution in [0.2, 0.25) is 0 Å². The van der Waals surface area contributed by atoms with Gasteiger partial charge in [-0.2, -0.15) is 0 Å². The van der Waals surface area contributed by atoms with Gasteiger partial charge in [-0.1, -0.05) is 0 Å². The van der Waals surface area contributed by atoms with Gasteiger partial charge in [0.05, 0.1) is 91.8 Å². The molecule has 0 fully saturated rings. The first-order valence-corrected chi connectivity index (χ1v) is 11.4. The Morgan fingerprint density at radius 1 is 0.459 bits per heavy atom. The van der Waals surface area contributed by atoms with E-state index >= 15 is 0 Å². The van der Waals surface area contributed by atoms with Gasteiger partial charge < -0.3 is 48.1 Å². The second kappa shape index (κ2) is 32.3. The predicted octanol–water partition coefficient (Wildman–Crippen LogP) is 0.146. The number of hydrogen-bond donors (Lipinski definition) is 2. The Bertz CT molecular complexity index is 513. The van der Waals surface area contributed by atoms with Crippen molar-refractivity contribution in [3.05, 3.63) is 0 Å². The van der Waals surface area contributed by atoms with E-state index in [4.69, 9.17) is 48.1 Å². The zero-order chi connectivity index (χ0) is 27.3. The Hall–Kier alpha value is -1.74. The largest absolute Gasteiger partial charge is 0.481 e. The smallest absolute Gasteiger partial charge is 0.306 e. The summed E-state index contributed by atoms with van der Waals surface area (Å²) in [5, 5.41) is 16.7. The molecule has 0 saturated carbocycles. The Morgan fingerprint density at radius 3 is 1.00 bits per heavy atom. The van der Waals surface area contributed by atoms with Gasteiger partial charge in [0.15, 0.2) is 0 Å². The standard InChI is InChI=1S/2C11H20O7.Zn/c2*1-15-4-5-16-6-7-17-8-9-18-11(14)3-2-10(12)13;/h2*2-9H2,1H3,(H,12,13);. The van der Waals surface area contributed by atoms with Gasteiger partial charge in [-0.05, 0) is 0 Å². The topological polar surface area (TPSA) is 183 Å². The van der Waals surface area contributed by atoms with Crippen LogP contribution in [-0.2, 0) is 76.6 Å². The fourth-order valence-electron chi connectivity index (χ4n) is 1.92. The van der Waals surface area contributed by atoms with Crippen LogP contribution in [0.25, 0.3) is 0 Å². The molecule has 0 aliphatic heterocycles. The van der Waals surface area contributed by atoms with E-state index in [-0.39, 0.29) is 71.6 Å². The molecule has 15 heteroatoms. The third-order valence-electron chi connectivity index (χ3n) is 3.68. The molecular weight excluding hydrogens is 554 g/mol. The maximum Gasteiger partial charge on any atom is 0.306 e. The first kappa shape index (κ1) is 39.8. The molecule has 214 valence electrons. The predicted molar refractivity (Wildman–Crippen MR) is 123 cm³/mol. The van der Waals surface area contributed by atoms with E-state index in [0.29, 0.717) is 52.9 Å². The van der Waals surface area contributed by atoms with E-state index in [2.05, 4.69) is 0 Å². The molecule has 0 aromatic carbocycles. The Labute approximate surface area is 229 Å². The quantitative estimate of drug-likeness (QED) is 0.0875. The summed E-state index contributed by atoms with van der Waals surface area (Å²) < 4.78 is 39.6. The van der Waals surface area contributed by atoms with Crippen LogP contribution in [0.15, 0.2) is 0 Å². The molecular formula is C22H40O14Zn. The minimum atomic E-state index is -1.02. The van der Waals surface area contributed by atoms with Gasteiger partial charge in [0.25, 0.3) is 0 Å². The molecule has 0 heterocycles. The number of esters is 2. The first-order chi connectivity index (χ1) is 17.3. The SMILES string of the molecule is COCCOCCOCCOC(=O)CCC(=O)O.COCCOCCOCCOC(=O)CCC(=O)O.[Zn]. The third kappa shape index (κ3) is 38.9. The van der Waals surface area contributed by atoms with Crippen LogP contribution < -0.4 is 0 Å². The number of methoxy groups -OCH3 is 2. The molecule has 0 aromatic rings. The van der Waals surface area contributed by atoms with Crippen molar-refractivity contribution in [3.8, 4) is 0 Å². The van der Waals surface area contributed by atoms with E-state index in [0.717, 1.165) is 0 Å². The number of ether oxygens (including phenoxy) is 8. The number of rotatable bonds is 24. The molecule has 0 amide bonds. The summed E-state index contributed by atoms with van der Waals surface area (Å²) in [5.41, 5.74) is 0. The van der Waals surface area contributed by atoms with Crippen LogP contribution >= 0.6 is 0 Å². The summed E-state index contributed by atoms with van der Waals surface area (Å²) in [6, 6.07) is 0. The molecule has 2 N–H and O–H groups in total. The molecule has 0 unspecified atom stereocenters. The van der Waals surface area contributed by atoms with Crippen molar-refractivity contribution in [3.63, 3.8) is 0 Å². The van der Waals surface area contributed by atoms with Gasteiger partial charge in [-0.15, -0.1) is 0 Å². The number of carbonyl (C=O) groups is 4. The van der Waals surface area contributed by atoms with Gasteiger partial charge in [-0.25, -0.2) is 0 Å². The minimum Gasteiger partial charge on any atom is -0.481 e. The number of carboxylic acids is 2. The molecule has 0 radical (unpaired) electrons. The fourth-order valence-corrected chi connectivity index (χ4v) is 1.92. The van der Waals surface area contributed by atoms with Crippen molar-refractivity contribution < 1.29 is 86.8 Å². The number of hydrogen-bond acceptors (Lipinski definition) is 12. The Kier molecular flexibility index (Phi) is 34.7. The molecule has 0 aromatic heterocycles. The molecule has 37 heavy (non-hydrogen) atoms.